The van der Waals surface area contributed by atoms with Crippen LogP contribution >= 0.6 is 11.6 Å². The van der Waals surface area contributed by atoms with E-state index in [-0.39, 0.29) is 21.9 Å². The van der Waals surface area contributed by atoms with Crippen LogP contribution in [0, 0.1) is 11.8 Å². The Kier molecular flexibility index (Phi) is 4.44. The molecule has 2 rings (SSSR count). The van der Waals surface area contributed by atoms with Crippen LogP contribution in [-0.2, 0) is 4.79 Å². The molecular weight excluding hydrogens is 333 g/mol. The molecule has 1 atom stereocenters. The summed E-state index contributed by atoms with van der Waals surface area (Å²) in [4.78, 5) is 11.1. The van der Waals surface area contributed by atoms with E-state index in [2.05, 4.69) is 18.4 Å². The highest BCUT2D eigenvalue weighted by atomic mass is 35.5. The molecule has 0 spiro atoms. The van der Waals surface area contributed by atoms with E-state index in [1.54, 1.807) is 6.92 Å². The lowest BCUT2D eigenvalue weighted by atomic mass is 9.99. The lowest BCUT2D eigenvalue weighted by Gasteiger charge is -2.27. The molecule has 0 aliphatic carbocycles. The Morgan fingerprint density at radius 2 is 2.09 bits per heavy atom. The molecule has 23 heavy (non-hydrogen) atoms. The van der Waals surface area contributed by atoms with Crippen molar-refractivity contribution < 1.29 is 27.8 Å². The van der Waals surface area contributed by atoms with Gasteiger partial charge in [0.05, 0.1) is 11.1 Å². The van der Waals surface area contributed by atoms with Gasteiger partial charge < -0.3 is 9.84 Å². The van der Waals surface area contributed by atoms with Crippen molar-refractivity contribution in [3.05, 3.63) is 46.0 Å². The van der Waals surface area contributed by atoms with Crippen molar-refractivity contribution in [3.8, 4) is 17.6 Å². The minimum atomic E-state index is -4.87. The summed E-state index contributed by atoms with van der Waals surface area (Å²) >= 11 is 5.91. The maximum Gasteiger partial charge on any atom is 0.430 e. The number of ether oxygens (including phenoxy) is 1. The smallest absolute Gasteiger partial charge is 0.430 e. The van der Waals surface area contributed by atoms with Gasteiger partial charge in [0.15, 0.2) is 0 Å². The first-order valence-corrected chi connectivity index (χ1v) is 6.66. The summed E-state index contributed by atoms with van der Waals surface area (Å²) in [6.07, 6.45) is -6.54. The van der Waals surface area contributed by atoms with Crippen LogP contribution in [0.3, 0.4) is 0 Å². The van der Waals surface area contributed by atoms with E-state index in [1.807, 2.05) is 0 Å². The number of alkyl halides is 3. The van der Waals surface area contributed by atoms with Gasteiger partial charge >= 0.3 is 12.1 Å². The van der Waals surface area contributed by atoms with Crippen molar-refractivity contribution in [1.29, 1.82) is 0 Å². The summed E-state index contributed by atoms with van der Waals surface area (Å²) in [5, 5.41) is 9.19. The molecule has 1 aromatic rings. The Labute approximate surface area is 135 Å². The van der Waals surface area contributed by atoms with Gasteiger partial charge in [-0.05, 0) is 30.7 Å². The third kappa shape index (κ3) is 3.69. The number of hydrogen-bond acceptors (Lipinski definition) is 2. The standard InChI is InChI=1S/C16H10ClF3O3/c1-8(2)3-4-9-5-11(17)6-10-7-12(15(21)22)14(16(18,19)20)23-13(9)10/h5-7,14H,1H2,2H3,(H,21,22). The van der Waals surface area contributed by atoms with Gasteiger partial charge in [0.2, 0.25) is 6.10 Å². The average molecular weight is 343 g/mol. The Balaban J connectivity index is 2.66. The zero-order chi connectivity index (χ0) is 17.4. The number of benzene rings is 1. The van der Waals surface area contributed by atoms with E-state index < -0.39 is 23.8 Å². The first-order valence-electron chi connectivity index (χ1n) is 6.29. The Morgan fingerprint density at radius 1 is 1.43 bits per heavy atom. The second kappa shape index (κ2) is 6.01. The molecular formula is C16H10ClF3O3. The second-order valence-electron chi connectivity index (χ2n) is 4.85. The van der Waals surface area contributed by atoms with Crippen molar-refractivity contribution in [2.45, 2.75) is 19.2 Å². The Morgan fingerprint density at radius 3 is 2.61 bits per heavy atom. The number of aliphatic carboxylic acids is 1. The summed E-state index contributed by atoms with van der Waals surface area (Å²) in [6.45, 7) is 5.21. The van der Waals surface area contributed by atoms with Gasteiger partial charge in [-0.25, -0.2) is 4.79 Å². The monoisotopic (exact) mass is 342 g/mol. The largest absolute Gasteiger partial charge is 0.478 e. The summed E-state index contributed by atoms with van der Waals surface area (Å²) in [7, 11) is 0. The number of carbonyl (C=O) groups is 1. The predicted octanol–water partition coefficient (Wildman–Crippen LogP) is 4.06. The fourth-order valence-corrected chi connectivity index (χ4v) is 2.19. The molecule has 0 bridgehead atoms. The lowest BCUT2D eigenvalue weighted by molar-refractivity contribution is -0.187. The summed E-state index contributed by atoms with van der Waals surface area (Å²) in [6, 6.07) is 2.67. The molecule has 0 aromatic heterocycles. The van der Waals surface area contributed by atoms with E-state index >= 15 is 0 Å². The predicted molar refractivity (Wildman–Crippen MR) is 79.2 cm³/mol. The second-order valence-corrected chi connectivity index (χ2v) is 5.28. The quantitative estimate of drug-likeness (QED) is 0.783. The molecule has 0 saturated carbocycles. The Hall–Kier alpha value is -2.39. The minimum absolute atomic E-state index is 0.126. The third-order valence-corrected chi connectivity index (χ3v) is 3.08. The van der Waals surface area contributed by atoms with E-state index in [9.17, 15) is 18.0 Å². The molecule has 1 N–H and O–H groups in total. The van der Waals surface area contributed by atoms with Crippen molar-refractivity contribution >= 4 is 23.6 Å². The van der Waals surface area contributed by atoms with Gasteiger partial charge in [-0.2, -0.15) is 13.2 Å². The molecule has 0 amide bonds. The molecule has 1 aliphatic rings. The maximum absolute atomic E-state index is 13.1. The van der Waals surface area contributed by atoms with Gasteiger partial charge in [0.1, 0.15) is 5.75 Å². The molecule has 1 unspecified atom stereocenters. The number of carboxylic acids is 1. The molecule has 0 fully saturated rings. The van der Waals surface area contributed by atoms with Crippen LogP contribution in [-0.4, -0.2) is 23.4 Å². The minimum Gasteiger partial charge on any atom is -0.478 e. The van der Waals surface area contributed by atoms with Crippen molar-refractivity contribution in [2.75, 3.05) is 0 Å². The SMILES string of the molecule is C=C(C)C#Cc1cc(Cl)cc2c1OC(C(F)(F)F)C(C(=O)O)=C2. The lowest BCUT2D eigenvalue weighted by Crippen LogP contribution is -2.40. The van der Waals surface area contributed by atoms with Crippen molar-refractivity contribution in [2.24, 2.45) is 0 Å². The van der Waals surface area contributed by atoms with Crippen LogP contribution in [0.25, 0.3) is 6.08 Å². The van der Waals surface area contributed by atoms with E-state index in [0.717, 1.165) is 6.08 Å². The van der Waals surface area contributed by atoms with E-state index in [1.165, 1.54) is 12.1 Å². The fraction of sp³-hybridized carbons (Fsp3) is 0.188. The molecule has 7 heteroatoms. The van der Waals surface area contributed by atoms with Crippen LogP contribution in [0.2, 0.25) is 5.02 Å². The van der Waals surface area contributed by atoms with Crippen LogP contribution in [0.4, 0.5) is 13.2 Å². The van der Waals surface area contributed by atoms with E-state index in [4.69, 9.17) is 21.4 Å². The fourth-order valence-electron chi connectivity index (χ4n) is 1.96. The number of fused-ring (bicyclic) bond motifs is 1. The van der Waals surface area contributed by atoms with Crippen LogP contribution in [0.1, 0.15) is 18.1 Å². The zero-order valence-electron chi connectivity index (χ0n) is 11.8. The third-order valence-electron chi connectivity index (χ3n) is 2.87. The van der Waals surface area contributed by atoms with Crippen LogP contribution in [0.15, 0.2) is 29.9 Å². The Bertz CT molecular complexity index is 782. The number of carboxylic acid groups (broad SMARTS) is 1. The molecule has 1 aliphatic heterocycles. The van der Waals surface area contributed by atoms with E-state index in [0.29, 0.717) is 5.57 Å². The van der Waals surface area contributed by atoms with Gasteiger partial charge in [-0.3, -0.25) is 0 Å². The molecule has 120 valence electrons. The molecule has 0 saturated heterocycles. The van der Waals surface area contributed by atoms with Crippen molar-refractivity contribution in [1.82, 2.24) is 0 Å². The highest BCUT2D eigenvalue weighted by Crippen LogP contribution is 2.40. The van der Waals surface area contributed by atoms with Crippen LogP contribution < -0.4 is 4.74 Å². The highest BCUT2D eigenvalue weighted by Gasteiger charge is 2.48. The maximum atomic E-state index is 13.1. The number of hydrogen-bond donors (Lipinski definition) is 1. The average Bonchev–Trinajstić information content (AvgIpc) is 2.41. The normalized spacial score (nSPS) is 16.4. The van der Waals surface area contributed by atoms with Crippen molar-refractivity contribution in [3.63, 3.8) is 0 Å². The van der Waals surface area contributed by atoms with Gasteiger partial charge in [-0.15, -0.1) is 0 Å². The topological polar surface area (TPSA) is 46.5 Å². The zero-order valence-corrected chi connectivity index (χ0v) is 12.5. The van der Waals surface area contributed by atoms with Gasteiger partial charge in [-0.1, -0.05) is 30.0 Å². The highest BCUT2D eigenvalue weighted by molar-refractivity contribution is 6.31. The molecule has 3 nitrogen and oxygen atoms in total. The molecule has 0 radical (unpaired) electrons. The van der Waals surface area contributed by atoms with Gasteiger partial charge in [0, 0.05) is 10.6 Å². The number of halogens is 4. The molecule has 1 aromatic carbocycles. The van der Waals surface area contributed by atoms with Gasteiger partial charge in [0.25, 0.3) is 0 Å². The van der Waals surface area contributed by atoms with Crippen LogP contribution in [0.5, 0.6) is 5.75 Å². The number of allylic oxidation sites excluding steroid dienone is 1. The summed E-state index contributed by atoms with van der Waals surface area (Å²) < 4.78 is 44.1. The summed E-state index contributed by atoms with van der Waals surface area (Å²) in [5.74, 6) is 3.38. The first kappa shape index (κ1) is 17.0. The first-order chi connectivity index (χ1) is 10.6. The molecule has 1 heterocycles. The number of rotatable bonds is 1. The summed E-state index contributed by atoms with van der Waals surface area (Å²) in [5.41, 5.74) is -0.151.